The summed E-state index contributed by atoms with van der Waals surface area (Å²) in [6.45, 7) is 1.22. The van der Waals surface area contributed by atoms with Gasteiger partial charge in [-0.25, -0.2) is 0 Å². The average molecular weight is 284 g/mol. The zero-order chi connectivity index (χ0) is 14.0. The highest BCUT2D eigenvalue weighted by molar-refractivity contribution is 6.31. The van der Waals surface area contributed by atoms with E-state index in [4.69, 9.17) is 17.3 Å². The molecule has 0 aliphatic carbocycles. The van der Waals surface area contributed by atoms with E-state index in [9.17, 15) is 14.7 Å². The van der Waals surface area contributed by atoms with Gasteiger partial charge in [-0.05, 0) is 18.2 Å². The van der Waals surface area contributed by atoms with E-state index in [2.05, 4.69) is 5.32 Å². The van der Waals surface area contributed by atoms with Gasteiger partial charge in [0.15, 0.2) is 0 Å². The molecule has 2 amide bonds. The maximum Gasteiger partial charge on any atom is 0.258 e. The van der Waals surface area contributed by atoms with Gasteiger partial charge >= 0.3 is 0 Å². The Hall–Kier alpha value is -1.79. The Bertz CT molecular complexity index is 521. The summed E-state index contributed by atoms with van der Waals surface area (Å²) in [5.74, 6) is -1.21. The summed E-state index contributed by atoms with van der Waals surface area (Å²) in [4.78, 5) is 25.1. The number of carbonyl (C=O) groups is 2. The molecule has 1 fully saturated rings. The lowest BCUT2D eigenvalue weighted by Gasteiger charge is -2.34. The number of phenols is 1. The summed E-state index contributed by atoms with van der Waals surface area (Å²) >= 11 is 5.81. The fraction of sp³-hybridized carbons (Fsp3) is 0.333. The predicted octanol–water partition coefficient (Wildman–Crippen LogP) is -0.0551. The van der Waals surface area contributed by atoms with Crippen molar-refractivity contribution < 1.29 is 14.7 Å². The van der Waals surface area contributed by atoms with E-state index < -0.39 is 17.9 Å². The second-order valence-corrected chi connectivity index (χ2v) is 4.72. The molecule has 0 bridgehead atoms. The first kappa shape index (κ1) is 13.6. The first-order valence-electron chi connectivity index (χ1n) is 5.80. The minimum Gasteiger partial charge on any atom is -0.507 e. The largest absolute Gasteiger partial charge is 0.507 e. The summed E-state index contributed by atoms with van der Waals surface area (Å²) in [6.07, 6.45) is 0. The molecule has 0 saturated carbocycles. The number of hydrogen-bond donors (Lipinski definition) is 3. The molecule has 1 aromatic rings. The van der Waals surface area contributed by atoms with Crippen molar-refractivity contribution in [2.45, 2.75) is 6.04 Å². The highest BCUT2D eigenvalue weighted by atomic mass is 35.5. The van der Waals surface area contributed by atoms with E-state index >= 15 is 0 Å². The number of amides is 2. The molecule has 0 aromatic heterocycles. The van der Waals surface area contributed by atoms with Crippen LogP contribution in [0.25, 0.3) is 0 Å². The maximum atomic E-state index is 12.4. The van der Waals surface area contributed by atoms with Gasteiger partial charge in [0.25, 0.3) is 5.91 Å². The van der Waals surface area contributed by atoms with E-state index in [0.717, 1.165) is 0 Å². The smallest absolute Gasteiger partial charge is 0.258 e. The number of nitrogens with zero attached hydrogens (tertiary/aromatic N) is 1. The van der Waals surface area contributed by atoms with Crippen molar-refractivity contribution in [3.05, 3.63) is 28.8 Å². The van der Waals surface area contributed by atoms with Crippen LogP contribution in [0.5, 0.6) is 5.75 Å². The third kappa shape index (κ3) is 2.80. The number of aromatic hydroxyl groups is 1. The number of halogens is 1. The van der Waals surface area contributed by atoms with Crippen LogP contribution in [0.4, 0.5) is 0 Å². The van der Waals surface area contributed by atoms with Crippen LogP contribution < -0.4 is 11.1 Å². The fourth-order valence-electron chi connectivity index (χ4n) is 2.04. The Labute approximate surface area is 115 Å². The number of carbonyl (C=O) groups excluding carboxylic acids is 2. The third-order valence-corrected chi connectivity index (χ3v) is 3.26. The van der Waals surface area contributed by atoms with Crippen molar-refractivity contribution in [2.75, 3.05) is 19.6 Å². The number of hydrogen-bond acceptors (Lipinski definition) is 4. The molecule has 1 unspecified atom stereocenters. The van der Waals surface area contributed by atoms with Crippen molar-refractivity contribution in [3.8, 4) is 5.75 Å². The minimum atomic E-state index is -0.723. The molecule has 1 aliphatic rings. The normalized spacial score (nSPS) is 19.2. The zero-order valence-electron chi connectivity index (χ0n) is 10.1. The zero-order valence-corrected chi connectivity index (χ0v) is 10.9. The Balaban J connectivity index is 2.31. The molecule has 2 rings (SSSR count). The van der Waals surface area contributed by atoms with Crippen molar-refractivity contribution >= 4 is 23.4 Å². The molecule has 6 nitrogen and oxygen atoms in total. The van der Waals surface area contributed by atoms with Gasteiger partial charge in [-0.1, -0.05) is 11.6 Å². The fourth-order valence-corrected chi connectivity index (χ4v) is 2.21. The van der Waals surface area contributed by atoms with Crippen LogP contribution in [0.1, 0.15) is 10.4 Å². The van der Waals surface area contributed by atoms with Gasteiger partial charge in [0.05, 0.1) is 5.56 Å². The van der Waals surface area contributed by atoms with E-state index in [1.165, 1.54) is 23.1 Å². The second-order valence-electron chi connectivity index (χ2n) is 4.28. The Morgan fingerprint density at radius 2 is 2.21 bits per heavy atom. The topological polar surface area (TPSA) is 95.7 Å². The number of rotatable bonds is 2. The molecule has 1 aromatic carbocycles. The molecule has 1 atom stereocenters. The molecule has 1 aliphatic heterocycles. The van der Waals surface area contributed by atoms with Gasteiger partial charge in [0.2, 0.25) is 5.91 Å². The third-order valence-electron chi connectivity index (χ3n) is 3.02. The Kier molecular flexibility index (Phi) is 3.92. The van der Waals surface area contributed by atoms with Crippen LogP contribution in [0.15, 0.2) is 18.2 Å². The SMILES string of the molecule is NC(=O)C1CNCCN1C(=O)c1cc(Cl)ccc1O. The average Bonchev–Trinajstić information content (AvgIpc) is 2.40. The van der Waals surface area contributed by atoms with Gasteiger partial charge < -0.3 is 21.1 Å². The highest BCUT2D eigenvalue weighted by Crippen LogP contribution is 2.24. The summed E-state index contributed by atoms with van der Waals surface area (Å²) in [5, 5.41) is 13.1. The first-order valence-corrected chi connectivity index (χ1v) is 6.18. The molecule has 19 heavy (non-hydrogen) atoms. The van der Waals surface area contributed by atoms with Gasteiger partial charge in [-0.3, -0.25) is 9.59 Å². The van der Waals surface area contributed by atoms with Crippen molar-refractivity contribution in [2.24, 2.45) is 5.73 Å². The quantitative estimate of drug-likeness (QED) is 0.709. The minimum absolute atomic E-state index is 0.0700. The lowest BCUT2D eigenvalue weighted by atomic mass is 10.1. The monoisotopic (exact) mass is 283 g/mol. The standard InChI is InChI=1S/C12H14ClN3O3/c13-7-1-2-10(17)8(5-7)12(19)16-4-3-15-6-9(16)11(14)18/h1-2,5,9,15,17H,3-4,6H2,(H2,14,18). The Morgan fingerprint density at radius 1 is 1.47 bits per heavy atom. The summed E-state index contributed by atoms with van der Waals surface area (Å²) in [6, 6.07) is 3.48. The lowest BCUT2D eigenvalue weighted by Crippen LogP contribution is -2.58. The molecular weight excluding hydrogens is 270 g/mol. The number of benzene rings is 1. The molecule has 4 N–H and O–H groups in total. The number of nitrogens with two attached hydrogens (primary N) is 1. The number of piperazine rings is 1. The number of primary amides is 1. The summed E-state index contributed by atoms with van der Waals surface area (Å²) in [5.41, 5.74) is 5.35. The second kappa shape index (κ2) is 5.46. The van der Waals surface area contributed by atoms with Gasteiger partial charge in [-0.15, -0.1) is 0 Å². The summed E-state index contributed by atoms with van der Waals surface area (Å²) in [7, 11) is 0. The van der Waals surface area contributed by atoms with E-state index in [1.54, 1.807) is 0 Å². The van der Waals surface area contributed by atoms with Crippen molar-refractivity contribution in [3.63, 3.8) is 0 Å². The lowest BCUT2D eigenvalue weighted by molar-refractivity contribution is -0.122. The molecule has 1 heterocycles. The van der Waals surface area contributed by atoms with Crippen LogP contribution >= 0.6 is 11.6 Å². The molecule has 7 heteroatoms. The first-order chi connectivity index (χ1) is 9.00. The maximum absolute atomic E-state index is 12.4. The number of phenolic OH excluding ortho intramolecular Hbond substituents is 1. The summed E-state index contributed by atoms with van der Waals surface area (Å²) < 4.78 is 0. The molecule has 102 valence electrons. The van der Waals surface area contributed by atoms with Crippen LogP contribution in [0.3, 0.4) is 0 Å². The van der Waals surface area contributed by atoms with Crippen molar-refractivity contribution in [1.29, 1.82) is 0 Å². The molecular formula is C12H14ClN3O3. The van der Waals surface area contributed by atoms with E-state index in [-0.39, 0.29) is 11.3 Å². The van der Waals surface area contributed by atoms with E-state index in [0.29, 0.717) is 24.7 Å². The molecule has 0 radical (unpaired) electrons. The molecule has 0 spiro atoms. The van der Waals surface area contributed by atoms with Crippen LogP contribution in [0.2, 0.25) is 5.02 Å². The van der Waals surface area contributed by atoms with Crippen molar-refractivity contribution in [1.82, 2.24) is 10.2 Å². The number of nitrogens with one attached hydrogen (secondary N) is 1. The van der Waals surface area contributed by atoms with Gasteiger partial charge in [-0.2, -0.15) is 0 Å². The van der Waals surface area contributed by atoms with Crippen LogP contribution in [0, 0.1) is 0 Å². The Morgan fingerprint density at radius 3 is 2.89 bits per heavy atom. The predicted molar refractivity (Wildman–Crippen MR) is 70.0 cm³/mol. The molecule has 1 saturated heterocycles. The van der Waals surface area contributed by atoms with Crippen LogP contribution in [-0.4, -0.2) is 47.5 Å². The van der Waals surface area contributed by atoms with Gasteiger partial charge in [0.1, 0.15) is 11.8 Å². The highest BCUT2D eigenvalue weighted by Gasteiger charge is 2.32. The van der Waals surface area contributed by atoms with Gasteiger partial charge in [0, 0.05) is 24.7 Å². The van der Waals surface area contributed by atoms with Crippen LogP contribution in [-0.2, 0) is 4.79 Å². The van der Waals surface area contributed by atoms with E-state index in [1.807, 2.05) is 0 Å².